The summed E-state index contributed by atoms with van der Waals surface area (Å²) >= 11 is 0. The Morgan fingerprint density at radius 1 is 1.31 bits per heavy atom. The summed E-state index contributed by atoms with van der Waals surface area (Å²) in [4.78, 5) is 33.7. The lowest BCUT2D eigenvalue weighted by atomic mass is 10.2. The maximum absolute atomic E-state index is 12.8. The van der Waals surface area contributed by atoms with Gasteiger partial charge in [0.2, 0.25) is 0 Å². The van der Waals surface area contributed by atoms with E-state index in [0.29, 0.717) is 17.2 Å². The lowest BCUT2D eigenvalue weighted by molar-refractivity contribution is 0.0960. The fraction of sp³-hybridized carbons (Fsp3) is 0.240. The molecule has 0 bridgehead atoms. The minimum Gasteiger partial charge on any atom is -0.493 e. The number of carbonyl (C=O) groups excluding carboxylic acids is 1. The monoisotopic (exact) mass is 476 g/mol. The molecule has 0 spiro atoms. The predicted molar refractivity (Wildman–Crippen MR) is 133 cm³/mol. The summed E-state index contributed by atoms with van der Waals surface area (Å²) in [5.74, 6) is 0.642. The molecule has 0 fully saturated rings. The second kappa shape index (κ2) is 11.1. The Morgan fingerprint density at radius 2 is 2.09 bits per heavy atom. The predicted octanol–water partition coefficient (Wildman–Crippen LogP) is 3.45. The molecular weight excluding hydrogens is 448 g/mol. The van der Waals surface area contributed by atoms with E-state index in [4.69, 9.17) is 9.47 Å². The van der Waals surface area contributed by atoms with Crippen molar-refractivity contribution in [1.29, 1.82) is 0 Å². The summed E-state index contributed by atoms with van der Waals surface area (Å²) in [5, 5.41) is 6.75. The molecule has 3 aromatic rings. The number of carbonyl (C=O) groups is 1. The van der Waals surface area contributed by atoms with Crippen LogP contribution in [0.4, 0.5) is 0 Å². The number of nitrogens with zero attached hydrogens (tertiary/aromatic N) is 5. The molecule has 1 amide bonds. The van der Waals surface area contributed by atoms with Crippen molar-refractivity contribution >= 4 is 12.6 Å². The fourth-order valence-corrected chi connectivity index (χ4v) is 3.25. The molecule has 0 aromatic carbocycles. The van der Waals surface area contributed by atoms with E-state index in [1.165, 1.54) is 17.7 Å². The highest BCUT2D eigenvalue weighted by molar-refractivity contribution is 5.95. The van der Waals surface area contributed by atoms with Crippen LogP contribution in [0.15, 0.2) is 82.3 Å². The highest BCUT2D eigenvalue weighted by atomic mass is 16.5. The Hall–Kier alpha value is -4.47. The van der Waals surface area contributed by atoms with Crippen LogP contribution in [0.25, 0.3) is 11.3 Å². The standard InChI is InChI=1S/C25H28N6O4/c1-16(2)31-11-7-8-20(25(31)33)24(32)29-23(26-4)22(34-6)12-17(3)35-19-9-10-27-21(13-19)18-14-28-30(5)15-18/h7-16H,4H2,1-3,5-6H3,(H,29,32)/b17-12+,23-22-. The van der Waals surface area contributed by atoms with Crippen molar-refractivity contribution in [2.75, 3.05) is 7.11 Å². The number of aromatic nitrogens is 4. The normalized spacial score (nSPS) is 12.2. The van der Waals surface area contributed by atoms with Gasteiger partial charge in [0, 0.05) is 49.4 Å². The topological polar surface area (TPSA) is 113 Å². The highest BCUT2D eigenvalue weighted by Crippen LogP contribution is 2.22. The zero-order valence-electron chi connectivity index (χ0n) is 20.3. The van der Waals surface area contributed by atoms with Crippen LogP contribution < -0.4 is 15.6 Å². The van der Waals surface area contributed by atoms with Crippen LogP contribution in [0.1, 0.15) is 37.2 Å². The number of aliphatic imine (C=N–C) groups is 1. The van der Waals surface area contributed by atoms with Crippen LogP contribution in [-0.2, 0) is 11.8 Å². The molecule has 0 radical (unpaired) electrons. The first-order chi connectivity index (χ1) is 16.7. The van der Waals surface area contributed by atoms with E-state index in [0.717, 1.165) is 5.56 Å². The Balaban J connectivity index is 1.83. The van der Waals surface area contributed by atoms with E-state index >= 15 is 0 Å². The van der Waals surface area contributed by atoms with Gasteiger partial charge in [0.1, 0.15) is 17.1 Å². The van der Waals surface area contributed by atoms with Crippen molar-refractivity contribution in [3.8, 4) is 17.0 Å². The van der Waals surface area contributed by atoms with Crippen molar-refractivity contribution in [2.45, 2.75) is 26.8 Å². The van der Waals surface area contributed by atoms with Crippen molar-refractivity contribution < 1.29 is 14.3 Å². The molecule has 1 N–H and O–H groups in total. The summed E-state index contributed by atoms with van der Waals surface area (Å²) in [6.07, 6.45) is 8.40. The average Bonchev–Trinajstić information content (AvgIpc) is 3.27. The Morgan fingerprint density at radius 3 is 2.71 bits per heavy atom. The SMILES string of the molecule is C=N/C(NC(=O)c1cccn(C(C)C)c1=O)=C(\C=C(/C)Oc1ccnc(-c2cnn(C)c2)c1)OC. The molecule has 3 heterocycles. The zero-order chi connectivity index (χ0) is 25.5. The third-order valence-electron chi connectivity index (χ3n) is 4.96. The largest absolute Gasteiger partial charge is 0.493 e. The van der Waals surface area contributed by atoms with Crippen LogP contribution in [0, 0.1) is 0 Å². The number of hydrogen-bond acceptors (Lipinski definition) is 7. The van der Waals surface area contributed by atoms with E-state index in [9.17, 15) is 9.59 Å². The number of pyridine rings is 2. The van der Waals surface area contributed by atoms with Gasteiger partial charge < -0.3 is 19.4 Å². The average molecular weight is 477 g/mol. The van der Waals surface area contributed by atoms with E-state index in [1.54, 1.807) is 54.5 Å². The molecular formula is C25H28N6O4. The molecule has 0 saturated heterocycles. The van der Waals surface area contributed by atoms with Gasteiger partial charge in [-0.25, -0.2) is 4.99 Å². The van der Waals surface area contributed by atoms with E-state index in [-0.39, 0.29) is 23.2 Å². The van der Waals surface area contributed by atoms with Gasteiger partial charge in [0.05, 0.1) is 19.0 Å². The first-order valence-corrected chi connectivity index (χ1v) is 10.8. The van der Waals surface area contributed by atoms with Gasteiger partial charge in [0.15, 0.2) is 11.6 Å². The number of rotatable bonds is 9. The minimum absolute atomic E-state index is 0.0190. The molecule has 10 nitrogen and oxygen atoms in total. The van der Waals surface area contributed by atoms with E-state index in [2.05, 4.69) is 27.1 Å². The second-order valence-corrected chi connectivity index (χ2v) is 7.89. The fourth-order valence-electron chi connectivity index (χ4n) is 3.25. The Kier molecular flexibility index (Phi) is 7.98. The Labute approximate surface area is 203 Å². The maximum Gasteiger partial charge on any atom is 0.263 e. The van der Waals surface area contributed by atoms with Gasteiger partial charge >= 0.3 is 0 Å². The second-order valence-electron chi connectivity index (χ2n) is 7.89. The zero-order valence-corrected chi connectivity index (χ0v) is 20.3. The molecule has 10 heteroatoms. The van der Waals surface area contributed by atoms with Crippen LogP contribution >= 0.6 is 0 Å². The maximum atomic E-state index is 12.8. The van der Waals surface area contributed by atoms with Crippen LogP contribution in [-0.4, -0.2) is 39.1 Å². The van der Waals surface area contributed by atoms with Gasteiger partial charge in [-0.1, -0.05) is 0 Å². The number of nitrogens with one attached hydrogen (secondary N) is 1. The van der Waals surface area contributed by atoms with Gasteiger partial charge in [-0.05, 0) is 45.7 Å². The van der Waals surface area contributed by atoms with Gasteiger partial charge in [0.25, 0.3) is 11.5 Å². The smallest absolute Gasteiger partial charge is 0.263 e. The van der Waals surface area contributed by atoms with Crippen molar-refractivity contribution in [3.63, 3.8) is 0 Å². The molecule has 3 rings (SSSR count). The van der Waals surface area contributed by atoms with Crippen LogP contribution in [0.5, 0.6) is 5.75 Å². The number of aryl methyl sites for hydroxylation is 1. The molecule has 3 aromatic heterocycles. The highest BCUT2D eigenvalue weighted by Gasteiger charge is 2.16. The van der Waals surface area contributed by atoms with Crippen LogP contribution in [0.2, 0.25) is 0 Å². The molecule has 0 aliphatic carbocycles. The summed E-state index contributed by atoms with van der Waals surface area (Å²) in [6.45, 7) is 8.96. The molecule has 0 aliphatic rings. The first kappa shape index (κ1) is 25.2. The summed E-state index contributed by atoms with van der Waals surface area (Å²) in [5.41, 5.74) is 1.14. The lowest BCUT2D eigenvalue weighted by Gasteiger charge is -2.13. The van der Waals surface area contributed by atoms with Crippen molar-refractivity contribution in [1.82, 2.24) is 24.6 Å². The number of allylic oxidation sites excluding steroid dienone is 2. The summed E-state index contributed by atoms with van der Waals surface area (Å²) in [7, 11) is 3.26. The number of hydrogen-bond donors (Lipinski definition) is 1. The van der Waals surface area contributed by atoms with E-state index < -0.39 is 11.5 Å². The first-order valence-electron chi connectivity index (χ1n) is 10.8. The van der Waals surface area contributed by atoms with Crippen molar-refractivity contribution in [3.05, 3.63) is 88.4 Å². The number of ether oxygens (including phenoxy) is 2. The van der Waals surface area contributed by atoms with Gasteiger partial charge in [-0.2, -0.15) is 5.10 Å². The van der Waals surface area contributed by atoms with Gasteiger partial charge in [-0.3, -0.25) is 19.3 Å². The number of amides is 1. The molecule has 0 aliphatic heterocycles. The number of methoxy groups -OCH3 is 1. The molecule has 35 heavy (non-hydrogen) atoms. The lowest BCUT2D eigenvalue weighted by Crippen LogP contribution is -2.33. The van der Waals surface area contributed by atoms with Crippen LogP contribution in [0.3, 0.4) is 0 Å². The molecule has 0 atom stereocenters. The molecule has 0 unspecified atom stereocenters. The van der Waals surface area contributed by atoms with Gasteiger partial charge in [-0.15, -0.1) is 0 Å². The summed E-state index contributed by atoms with van der Waals surface area (Å²) < 4.78 is 14.5. The Bertz CT molecular complexity index is 1350. The molecule has 182 valence electrons. The van der Waals surface area contributed by atoms with Crippen molar-refractivity contribution in [2.24, 2.45) is 12.0 Å². The third kappa shape index (κ3) is 6.11. The molecule has 0 saturated carbocycles. The van der Waals surface area contributed by atoms with E-state index in [1.807, 2.05) is 27.1 Å². The minimum atomic E-state index is -0.621. The summed E-state index contributed by atoms with van der Waals surface area (Å²) in [6, 6.07) is 6.51. The quantitative estimate of drug-likeness (QED) is 0.288. The third-order valence-corrected chi connectivity index (χ3v) is 4.96.